The van der Waals surface area contributed by atoms with Gasteiger partial charge in [-0.1, -0.05) is 29.8 Å². The molecule has 1 aromatic heterocycles. The second-order valence-electron chi connectivity index (χ2n) is 6.51. The van der Waals surface area contributed by atoms with Crippen LogP contribution in [0.2, 0.25) is 5.02 Å². The van der Waals surface area contributed by atoms with Gasteiger partial charge in [0.15, 0.2) is 0 Å². The van der Waals surface area contributed by atoms with Gasteiger partial charge in [0.25, 0.3) is 5.91 Å². The molecule has 1 heterocycles. The maximum atomic E-state index is 13.6. The van der Waals surface area contributed by atoms with Gasteiger partial charge in [-0.25, -0.2) is 9.38 Å². The average Bonchev–Trinajstić information content (AvgIpc) is 2.72. The summed E-state index contributed by atoms with van der Waals surface area (Å²) in [7, 11) is 0. The SMILES string of the molecule is Cc1cc(N=c2oc3ccccc3cc2C(=O)Nc2ccc(Cl)cc2)ccc1F. The number of hydrogen-bond acceptors (Lipinski definition) is 3. The van der Waals surface area contributed by atoms with E-state index in [9.17, 15) is 9.18 Å². The first-order valence-corrected chi connectivity index (χ1v) is 9.28. The highest BCUT2D eigenvalue weighted by Crippen LogP contribution is 2.19. The third-order valence-corrected chi connectivity index (χ3v) is 4.63. The molecule has 0 spiro atoms. The number of halogens is 2. The molecule has 0 fully saturated rings. The molecule has 144 valence electrons. The van der Waals surface area contributed by atoms with Crippen molar-refractivity contribution in [1.82, 2.24) is 0 Å². The van der Waals surface area contributed by atoms with Gasteiger partial charge in [-0.05, 0) is 67.1 Å². The lowest BCUT2D eigenvalue weighted by Crippen LogP contribution is -2.21. The number of nitrogens with zero attached hydrogens (tertiary/aromatic N) is 1. The monoisotopic (exact) mass is 406 g/mol. The molecule has 0 aliphatic carbocycles. The smallest absolute Gasteiger partial charge is 0.261 e. The van der Waals surface area contributed by atoms with Crippen LogP contribution in [0.15, 0.2) is 82.2 Å². The van der Waals surface area contributed by atoms with E-state index in [0.29, 0.717) is 27.5 Å². The number of fused-ring (bicyclic) bond motifs is 1. The van der Waals surface area contributed by atoms with Crippen LogP contribution in [0.3, 0.4) is 0 Å². The number of carbonyl (C=O) groups is 1. The summed E-state index contributed by atoms with van der Waals surface area (Å²) in [5.41, 5.74) is 2.54. The van der Waals surface area contributed by atoms with Gasteiger partial charge in [-0.2, -0.15) is 0 Å². The topological polar surface area (TPSA) is 54.6 Å². The molecular formula is C23H16ClFN2O2. The highest BCUT2D eigenvalue weighted by molar-refractivity contribution is 6.30. The van der Waals surface area contributed by atoms with Gasteiger partial charge >= 0.3 is 0 Å². The molecular weight excluding hydrogens is 391 g/mol. The van der Waals surface area contributed by atoms with Crippen molar-refractivity contribution in [3.8, 4) is 0 Å². The molecule has 3 aromatic carbocycles. The molecule has 0 atom stereocenters. The highest BCUT2D eigenvalue weighted by atomic mass is 35.5. The summed E-state index contributed by atoms with van der Waals surface area (Å²) in [6.45, 7) is 1.65. The fraction of sp³-hybridized carbons (Fsp3) is 0.0435. The quantitative estimate of drug-likeness (QED) is 0.452. The molecule has 4 aromatic rings. The Hall–Kier alpha value is -3.44. The molecule has 0 bridgehead atoms. The molecule has 0 aliphatic rings. The van der Waals surface area contributed by atoms with E-state index in [0.717, 1.165) is 5.39 Å². The lowest BCUT2D eigenvalue weighted by molar-refractivity contribution is 0.102. The molecule has 1 N–H and O–H groups in total. The first kappa shape index (κ1) is 18.9. The fourth-order valence-corrected chi connectivity index (χ4v) is 2.99. The second kappa shape index (κ2) is 7.89. The van der Waals surface area contributed by atoms with Gasteiger partial charge in [0.2, 0.25) is 5.55 Å². The minimum Gasteiger partial charge on any atom is -0.438 e. The van der Waals surface area contributed by atoms with Crippen LogP contribution in [0.25, 0.3) is 11.0 Å². The van der Waals surface area contributed by atoms with Gasteiger partial charge in [0.1, 0.15) is 17.0 Å². The predicted octanol–water partition coefficient (Wildman–Crippen LogP) is 6.02. The first-order chi connectivity index (χ1) is 14.0. The number of para-hydroxylation sites is 1. The van der Waals surface area contributed by atoms with Crippen molar-refractivity contribution in [3.63, 3.8) is 0 Å². The zero-order valence-corrected chi connectivity index (χ0v) is 16.2. The lowest BCUT2D eigenvalue weighted by Gasteiger charge is -2.07. The summed E-state index contributed by atoms with van der Waals surface area (Å²) in [4.78, 5) is 17.4. The van der Waals surface area contributed by atoms with E-state index < -0.39 is 0 Å². The Kier molecular flexibility index (Phi) is 5.14. The number of anilines is 1. The van der Waals surface area contributed by atoms with Crippen molar-refractivity contribution in [2.75, 3.05) is 5.32 Å². The number of carbonyl (C=O) groups excluding carboxylic acids is 1. The Morgan fingerprint density at radius 3 is 2.55 bits per heavy atom. The van der Waals surface area contributed by atoms with Crippen LogP contribution in [0.1, 0.15) is 15.9 Å². The minimum absolute atomic E-state index is 0.140. The molecule has 1 amide bonds. The number of amides is 1. The van der Waals surface area contributed by atoms with Gasteiger partial charge in [0, 0.05) is 16.1 Å². The second-order valence-corrected chi connectivity index (χ2v) is 6.95. The van der Waals surface area contributed by atoms with E-state index in [1.807, 2.05) is 18.2 Å². The Bertz CT molecular complexity index is 1280. The number of hydrogen-bond donors (Lipinski definition) is 1. The average molecular weight is 407 g/mol. The molecule has 29 heavy (non-hydrogen) atoms. The van der Waals surface area contributed by atoms with E-state index in [1.54, 1.807) is 49.4 Å². The van der Waals surface area contributed by atoms with Crippen molar-refractivity contribution in [2.24, 2.45) is 4.99 Å². The summed E-state index contributed by atoms with van der Waals surface area (Å²) in [5, 5.41) is 4.16. The fourth-order valence-electron chi connectivity index (χ4n) is 2.86. The van der Waals surface area contributed by atoms with Crippen molar-refractivity contribution < 1.29 is 13.6 Å². The zero-order valence-electron chi connectivity index (χ0n) is 15.4. The van der Waals surface area contributed by atoms with Gasteiger partial charge in [0.05, 0.1) is 5.69 Å². The molecule has 6 heteroatoms. The predicted molar refractivity (Wildman–Crippen MR) is 112 cm³/mol. The molecule has 4 nitrogen and oxygen atoms in total. The molecule has 0 saturated heterocycles. The van der Waals surface area contributed by atoms with Crippen molar-refractivity contribution in [2.45, 2.75) is 6.92 Å². The van der Waals surface area contributed by atoms with Crippen LogP contribution in [0.5, 0.6) is 0 Å². The molecule has 4 rings (SSSR count). The largest absolute Gasteiger partial charge is 0.438 e. The van der Waals surface area contributed by atoms with E-state index in [-0.39, 0.29) is 22.8 Å². The van der Waals surface area contributed by atoms with E-state index in [1.165, 1.54) is 12.1 Å². The summed E-state index contributed by atoms with van der Waals surface area (Å²) >= 11 is 5.90. The van der Waals surface area contributed by atoms with Crippen LogP contribution in [0, 0.1) is 12.7 Å². The van der Waals surface area contributed by atoms with Crippen LogP contribution in [-0.4, -0.2) is 5.91 Å². The number of aryl methyl sites for hydroxylation is 1. The van der Waals surface area contributed by atoms with Gasteiger partial charge in [-0.3, -0.25) is 4.79 Å². The Morgan fingerprint density at radius 1 is 1.03 bits per heavy atom. The van der Waals surface area contributed by atoms with Crippen LogP contribution >= 0.6 is 11.6 Å². The molecule has 0 radical (unpaired) electrons. The van der Waals surface area contributed by atoms with Crippen LogP contribution in [0.4, 0.5) is 15.8 Å². The molecule has 0 saturated carbocycles. The van der Waals surface area contributed by atoms with Gasteiger partial charge in [-0.15, -0.1) is 0 Å². The molecule has 0 unspecified atom stereocenters. The van der Waals surface area contributed by atoms with Gasteiger partial charge < -0.3 is 9.73 Å². The lowest BCUT2D eigenvalue weighted by atomic mass is 10.1. The minimum atomic E-state index is -0.376. The summed E-state index contributed by atoms with van der Waals surface area (Å²) in [6.07, 6.45) is 0. The molecule has 0 aliphatic heterocycles. The zero-order chi connectivity index (χ0) is 20.4. The number of rotatable bonds is 3. The maximum absolute atomic E-state index is 13.6. The maximum Gasteiger partial charge on any atom is 0.261 e. The number of nitrogens with one attached hydrogen (secondary N) is 1. The summed E-state index contributed by atoms with van der Waals surface area (Å²) in [5.74, 6) is -0.695. The van der Waals surface area contributed by atoms with Crippen molar-refractivity contribution in [3.05, 3.63) is 100 Å². The van der Waals surface area contributed by atoms with E-state index >= 15 is 0 Å². The summed E-state index contributed by atoms with van der Waals surface area (Å²) < 4.78 is 19.5. The number of benzene rings is 3. The third kappa shape index (κ3) is 4.20. The Labute approximate surface area is 171 Å². The highest BCUT2D eigenvalue weighted by Gasteiger charge is 2.13. The Morgan fingerprint density at radius 2 is 1.79 bits per heavy atom. The van der Waals surface area contributed by atoms with Crippen LogP contribution in [-0.2, 0) is 0 Å². The van der Waals surface area contributed by atoms with E-state index in [2.05, 4.69) is 10.3 Å². The summed E-state index contributed by atoms with van der Waals surface area (Å²) in [6, 6.07) is 20.3. The van der Waals surface area contributed by atoms with Crippen molar-refractivity contribution >= 4 is 39.9 Å². The van der Waals surface area contributed by atoms with Crippen LogP contribution < -0.4 is 10.9 Å². The Balaban J connectivity index is 1.83. The third-order valence-electron chi connectivity index (χ3n) is 4.37. The van der Waals surface area contributed by atoms with Crippen molar-refractivity contribution in [1.29, 1.82) is 0 Å². The first-order valence-electron chi connectivity index (χ1n) is 8.90. The normalized spacial score (nSPS) is 11.6. The standard InChI is InChI=1S/C23H16ClFN2O2/c1-14-12-18(10-11-20(14)25)27-23-19(13-15-4-2-3-5-21(15)29-23)22(28)26-17-8-6-16(24)7-9-17/h2-13H,1H3,(H,26,28). The van der Waals surface area contributed by atoms with E-state index in [4.69, 9.17) is 16.0 Å².